The first-order valence-corrected chi connectivity index (χ1v) is 9.10. The summed E-state index contributed by atoms with van der Waals surface area (Å²) in [5, 5.41) is 5.69. The summed E-state index contributed by atoms with van der Waals surface area (Å²) in [5.74, 6) is -3.50. The number of halogens is 2. The SMILES string of the molecule is CC(C)NC(=O)COC(=O)c1ccccc1Nc1ccc(SC(F)F)cc1. The number of hydrogen-bond acceptors (Lipinski definition) is 5. The first-order chi connectivity index (χ1) is 12.8. The Bertz CT molecular complexity index is 783. The van der Waals surface area contributed by atoms with E-state index in [9.17, 15) is 18.4 Å². The van der Waals surface area contributed by atoms with Crippen molar-refractivity contribution < 1.29 is 23.1 Å². The van der Waals surface area contributed by atoms with Crippen LogP contribution in [-0.2, 0) is 9.53 Å². The molecule has 0 spiro atoms. The van der Waals surface area contributed by atoms with Crippen LogP contribution in [0.1, 0.15) is 24.2 Å². The first kappa shape index (κ1) is 20.7. The highest BCUT2D eigenvalue weighted by Gasteiger charge is 2.15. The lowest BCUT2D eigenvalue weighted by Crippen LogP contribution is -2.34. The first-order valence-electron chi connectivity index (χ1n) is 8.22. The molecule has 2 N–H and O–H groups in total. The second-order valence-corrected chi connectivity index (χ2v) is 6.94. The third-order valence-corrected chi connectivity index (χ3v) is 4.01. The minimum absolute atomic E-state index is 0.0450. The molecule has 1 amide bonds. The molecule has 0 saturated carbocycles. The average molecular weight is 394 g/mol. The van der Waals surface area contributed by atoms with Crippen molar-refractivity contribution in [3.05, 3.63) is 54.1 Å². The molecule has 0 heterocycles. The van der Waals surface area contributed by atoms with E-state index in [0.717, 1.165) is 0 Å². The van der Waals surface area contributed by atoms with E-state index in [1.807, 2.05) is 13.8 Å². The van der Waals surface area contributed by atoms with Gasteiger partial charge in [0.1, 0.15) is 0 Å². The van der Waals surface area contributed by atoms with Gasteiger partial charge in [0, 0.05) is 16.6 Å². The Morgan fingerprint density at radius 1 is 1.07 bits per heavy atom. The van der Waals surface area contributed by atoms with Crippen LogP contribution >= 0.6 is 11.8 Å². The fourth-order valence-corrected chi connectivity index (χ4v) is 2.72. The van der Waals surface area contributed by atoms with Crippen LogP contribution in [0.15, 0.2) is 53.4 Å². The van der Waals surface area contributed by atoms with Gasteiger partial charge in [-0.15, -0.1) is 0 Å². The monoisotopic (exact) mass is 394 g/mol. The van der Waals surface area contributed by atoms with Crippen LogP contribution in [0.3, 0.4) is 0 Å². The minimum Gasteiger partial charge on any atom is -0.452 e. The number of benzene rings is 2. The highest BCUT2D eigenvalue weighted by Crippen LogP contribution is 2.28. The van der Waals surface area contributed by atoms with Crippen molar-refractivity contribution in [2.24, 2.45) is 0 Å². The normalized spacial score (nSPS) is 10.7. The Kier molecular flexibility index (Phi) is 7.60. The number of nitrogens with one attached hydrogen (secondary N) is 2. The predicted molar refractivity (Wildman–Crippen MR) is 102 cm³/mol. The highest BCUT2D eigenvalue weighted by atomic mass is 32.2. The number of thioether (sulfide) groups is 1. The van der Waals surface area contributed by atoms with E-state index in [4.69, 9.17) is 4.74 Å². The minimum atomic E-state index is -2.48. The summed E-state index contributed by atoms with van der Waals surface area (Å²) in [5.41, 5.74) is 1.38. The molecule has 0 saturated heterocycles. The second kappa shape index (κ2) is 9.91. The summed E-state index contributed by atoms with van der Waals surface area (Å²) in [6, 6.07) is 13.1. The van der Waals surface area contributed by atoms with E-state index in [1.165, 1.54) is 0 Å². The van der Waals surface area contributed by atoms with Crippen LogP contribution in [0, 0.1) is 0 Å². The van der Waals surface area contributed by atoms with Crippen LogP contribution in [0.4, 0.5) is 20.2 Å². The number of hydrogen-bond donors (Lipinski definition) is 2. The van der Waals surface area contributed by atoms with Crippen molar-refractivity contribution >= 4 is 35.0 Å². The maximum absolute atomic E-state index is 12.4. The molecule has 0 fully saturated rings. The number of rotatable bonds is 8. The lowest BCUT2D eigenvalue weighted by molar-refractivity contribution is -0.124. The third kappa shape index (κ3) is 6.90. The van der Waals surface area contributed by atoms with Crippen molar-refractivity contribution in [2.75, 3.05) is 11.9 Å². The Balaban J connectivity index is 2.04. The fourth-order valence-electron chi connectivity index (χ4n) is 2.22. The summed E-state index contributed by atoms with van der Waals surface area (Å²) in [6.45, 7) is 3.25. The van der Waals surface area contributed by atoms with Crippen LogP contribution < -0.4 is 10.6 Å². The third-order valence-electron chi connectivity index (χ3n) is 3.29. The second-order valence-electron chi connectivity index (χ2n) is 5.87. The molecule has 0 aliphatic carbocycles. The van der Waals surface area contributed by atoms with Crippen molar-refractivity contribution in [1.82, 2.24) is 5.32 Å². The zero-order valence-corrected chi connectivity index (χ0v) is 15.7. The van der Waals surface area contributed by atoms with Crippen molar-refractivity contribution in [3.8, 4) is 0 Å². The Hall–Kier alpha value is -2.61. The van der Waals surface area contributed by atoms with Gasteiger partial charge in [-0.1, -0.05) is 23.9 Å². The molecule has 0 aliphatic heterocycles. The Morgan fingerprint density at radius 2 is 1.74 bits per heavy atom. The maximum Gasteiger partial charge on any atom is 0.340 e. The summed E-state index contributed by atoms with van der Waals surface area (Å²) >= 11 is 0.462. The fraction of sp³-hybridized carbons (Fsp3) is 0.263. The number of anilines is 2. The highest BCUT2D eigenvalue weighted by molar-refractivity contribution is 7.99. The van der Waals surface area contributed by atoms with Crippen LogP contribution in [0.5, 0.6) is 0 Å². The smallest absolute Gasteiger partial charge is 0.340 e. The van der Waals surface area contributed by atoms with Crippen molar-refractivity contribution in [1.29, 1.82) is 0 Å². The van der Waals surface area contributed by atoms with E-state index in [-0.39, 0.29) is 24.1 Å². The molecule has 0 aromatic heterocycles. The van der Waals surface area contributed by atoms with Gasteiger partial charge >= 0.3 is 5.97 Å². The van der Waals surface area contributed by atoms with Gasteiger partial charge in [-0.25, -0.2) is 4.79 Å². The van der Waals surface area contributed by atoms with Gasteiger partial charge in [0.2, 0.25) is 0 Å². The molecule has 27 heavy (non-hydrogen) atoms. The van der Waals surface area contributed by atoms with E-state index in [0.29, 0.717) is 28.0 Å². The molecular formula is C19H20F2N2O3S. The molecule has 5 nitrogen and oxygen atoms in total. The lowest BCUT2D eigenvalue weighted by atomic mass is 10.1. The summed E-state index contributed by atoms with van der Waals surface area (Å²) in [7, 11) is 0. The molecule has 8 heteroatoms. The van der Waals surface area contributed by atoms with Crippen molar-refractivity contribution in [3.63, 3.8) is 0 Å². The molecule has 0 atom stereocenters. The number of carbonyl (C=O) groups is 2. The standard InChI is InChI=1S/C19H20F2N2O3S/c1-12(2)22-17(24)11-26-18(25)15-5-3-4-6-16(15)23-13-7-9-14(10-8-13)27-19(20)21/h3-10,12,19,23H,11H2,1-2H3,(H,22,24). The van der Waals surface area contributed by atoms with Gasteiger partial charge in [0.25, 0.3) is 11.7 Å². The van der Waals surface area contributed by atoms with Crippen LogP contribution in [0.2, 0.25) is 0 Å². The van der Waals surface area contributed by atoms with E-state index >= 15 is 0 Å². The van der Waals surface area contributed by atoms with E-state index in [2.05, 4.69) is 10.6 Å². The van der Waals surface area contributed by atoms with Gasteiger partial charge in [0.05, 0.1) is 11.3 Å². The molecule has 0 unspecified atom stereocenters. The van der Waals surface area contributed by atoms with Gasteiger partial charge < -0.3 is 15.4 Å². The largest absolute Gasteiger partial charge is 0.452 e. The molecule has 144 valence electrons. The number of alkyl halides is 2. The Morgan fingerprint density at radius 3 is 2.37 bits per heavy atom. The summed E-state index contributed by atoms with van der Waals surface area (Å²) < 4.78 is 29.8. The summed E-state index contributed by atoms with van der Waals surface area (Å²) in [6.07, 6.45) is 0. The van der Waals surface area contributed by atoms with Crippen LogP contribution in [-0.4, -0.2) is 30.3 Å². The topological polar surface area (TPSA) is 67.4 Å². The number of amides is 1. The zero-order chi connectivity index (χ0) is 19.8. The van der Waals surface area contributed by atoms with Gasteiger partial charge in [-0.3, -0.25) is 4.79 Å². The number of esters is 1. The maximum atomic E-state index is 12.4. The average Bonchev–Trinajstić information content (AvgIpc) is 2.61. The quantitative estimate of drug-likeness (QED) is 0.512. The van der Waals surface area contributed by atoms with Crippen LogP contribution in [0.25, 0.3) is 0 Å². The lowest BCUT2D eigenvalue weighted by Gasteiger charge is -2.13. The molecule has 2 rings (SSSR count). The van der Waals surface area contributed by atoms with Gasteiger partial charge in [-0.05, 0) is 50.2 Å². The van der Waals surface area contributed by atoms with E-state index in [1.54, 1.807) is 48.5 Å². The van der Waals surface area contributed by atoms with Crippen molar-refractivity contribution in [2.45, 2.75) is 30.5 Å². The van der Waals surface area contributed by atoms with Gasteiger partial charge in [0.15, 0.2) is 6.61 Å². The number of ether oxygens (including phenoxy) is 1. The zero-order valence-electron chi connectivity index (χ0n) is 14.9. The number of para-hydroxylation sites is 1. The Labute approximate surface area is 160 Å². The predicted octanol–water partition coefficient (Wildman–Crippen LogP) is 4.43. The summed E-state index contributed by atoms with van der Waals surface area (Å²) in [4.78, 5) is 24.4. The molecule has 0 aliphatic rings. The molecular weight excluding hydrogens is 374 g/mol. The molecule has 2 aromatic carbocycles. The number of carbonyl (C=O) groups excluding carboxylic acids is 2. The molecule has 2 aromatic rings. The van der Waals surface area contributed by atoms with E-state index < -0.39 is 11.7 Å². The molecule has 0 bridgehead atoms. The van der Waals surface area contributed by atoms with Gasteiger partial charge in [-0.2, -0.15) is 8.78 Å². The molecule has 0 radical (unpaired) electrons.